The van der Waals surface area contributed by atoms with Gasteiger partial charge in [0.25, 0.3) is 5.92 Å². The number of hydrogen-bond donors (Lipinski definition) is 1. The lowest BCUT2D eigenvalue weighted by atomic mass is 9.73. The minimum Gasteiger partial charge on any atom is -0.320 e. The number of thiophene rings is 1. The summed E-state index contributed by atoms with van der Waals surface area (Å²) in [6.07, 6.45) is -0.474. The molecular formula is C8H8BrF2NS. The van der Waals surface area contributed by atoms with Gasteiger partial charge < -0.3 is 5.73 Å². The molecule has 1 heterocycles. The van der Waals surface area contributed by atoms with E-state index in [4.69, 9.17) is 5.73 Å². The molecule has 0 bridgehead atoms. The lowest BCUT2D eigenvalue weighted by molar-refractivity contribution is -0.124. The van der Waals surface area contributed by atoms with E-state index in [0.717, 1.165) is 9.35 Å². The van der Waals surface area contributed by atoms with Crippen molar-refractivity contribution in [3.8, 4) is 0 Å². The van der Waals surface area contributed by atoms with Crippen molar-refractivity contribution >= 4 is 27.3 Å². The Bertz CT molecular complexity index is 329. The number of halogens is 3. The standard InChI is InChI=1S/C8H8BrF2NS/c9-5-1-2-13-6(5)7(12)3-8(10,11)4-7/h1-2H,3-4,12H2. The maximum absolute atomic E-state index is 12.7. The Kier molecular flexibility index (Phi) is 2.02. The van der Waals surface area contributed by atoms with Crippen LogP contribution in [0.1, 0.15) is 17.7 Å². The van der Waals surface area contributed by atoms with Crippen molar-refractivity contribution in [3.05, 3.63) is 20.8 Å². The number of alkyl halides is 2. The van der Waals surface area contributed by atoms with Crippen molar-refractivity contribution in [2.75, 3.05) is 0 Å². The van der Waals surface area contributed by atoms with E-state index in [0.29, 0.717) is 0 Å². The van der Waals surface area contributed by atoms with Gasteiger partial charge in [-0.3, -0.25) is 0 Å². The number of nitrogens with two attached hydrogens (primary N) is 1. The molecule has 1 aliphatic carbocycles. The third-order valence-electron chi connectivity index (χ3n) is 2.22. The molecule has 5 heteroatoms. The van der Waals surface area contributed by atoms with Crippen LogP contribution in [0.3, 0.4) is 0 Å². The highest BCUT2D eigenvalue weighted by molar-refractivity contribution is 9.10. The van der Waals surface area contributed by atoms with Crippen LogP contribution in [0.2, 0.25) is 0 Å². The Labute approximate surface area is 87.1 Å². The zero-order valence-electron chi connectivity index (χ0n) is 6.69. The molecule has 72 valence electrons. The van der Waals surface area contributed by atoms with Crippen LogP contribution in [0.25, 0.3) is 0 Å². The van der Waals surface area contributed by atoms with E-state index < -0.39 is 11.5 Å². The summed E-state index contributed by atoms with van der Waals surface area (Å²) < 4.78 is 26.2. The molecule has 1 fully saturated rings. The first kappa shape index (κ1) is 9.55. The van der Waals surface area contributed by atoms with E-state index in [1.807, 2.05) is 11.4 Å². The number of hydrogen-bond acceptors (Lipinski definition) is 2. The van der Waals surface area contributed by atoms with Gasteiger partial charge in [-0.1, -0.05) is 0 Å². The monoisotopic (exact) mass is 267 g/mol. The van der Waals surface area contributed by atoms with Gasteiger partial charge in [0.15, 0.2) is 0 Å². The summed E-state index contributed by atoms with van der Waals surface area (Å²) in [6.45, 7) is 0. The Morgan fingerprint density at radius 3 is 2.46 bits per heavy atom. The molecule has 2 N–H and O–H groups in total. The molecule has 1 aliphatic rings. The first-order valence-corrected chi connectivity index (χ1v) is 5.50. The normalized spacial score (nSPS) is 24.0. The summed E-state index contributed by atoms with van der Waals surface area (Å²) in [4.78, 5) is 0.832. The van der Waals surface area contributed by atoms with Crippen molar-refractivity contribution in [1.29, 1.82) is 0 Å². The Morgan fingerprint density at radius 1 is 1.46 bits per heavy atom. The molecule has 1 saturated carbocycles. The molecule has 1 aromatic rings. The maximum atomic E-state index is 12.7. The second-order valence-electron chi connectivity index (χ2n) is 3.46. The molecular weight excluding hydrogens is 260 g/mol. The average molecular weight is 268 g/mol. The van der Waals surface area contributed by atoms with Gasteiger partial charge in [-0.05, 0) is 27.4 Å². The predicted molar refractivity (Wildman–Crippen MR) is 52.1 cm³/mol. The van der Waals surface area contributed by atoms with E-state index in [-0.39, 0.29) is 12.8 Å². The van der Waals surface area contributed by atoms with Gasteiger partial charge in [-0.15, -0.1) is 11.3 Å². The van der Waals surface area contributed by atoms with Crippen LogP contribution in [-0.2, 0) is 5.54 Å². The van der Waals surface area contributed by atoms with Crippen LogP contribution >= 0.6 is 27.3 Å². The van der Waals surface area contributed by atoms with E-state index in [1.54, 1.807) is 0 Å². The lowest BCUT2D eigenvalue weighted by Gasteiger charge is -2.44. The molecule has 0 unspecified atom stereocenters. The van der Waals surface area contributed by atoms with Crippen LogP contribution in [0.15, 0.2) is 15.9 Å². The van der Waals surface area contributed by atoms with E-state index in [1.165, 1.54) is 11.3 Å². The van der Waals surface area contributed by atoms with Crippen molar-refractivity contribution in [3.63, 3.8) is 0 Å². The highest BCUT2D eigenvalue weighted by Crippen LogP contribution is 2.52. The fraction of sp³-hybridized carbons (Fsp3) is 0.500. The van der Waals surface area contributed by atoms with Crippen LogP contribution in [-0.4, -0.2) is 5.92 Å². The molecule has 1 nitrogen and oxygen atoms in total. The summed E-state index contributed by atoms with van der Waals surface area (Å²) in [6, 6.07) is 1.84. The fourth-order valence-corrected chi connectivity index (χ4v) is 3.56. The predicted octanol–water partition coefficient (Wildman–Crippen LogP) is 3.09. The quantitative estimate of drug-likeness (QED) is 0.832. The zero-order valence-corrected chi connectivity index (χ0v) is 9.09. The van der Waals surface area contributed by atoms with Crippen molar-refractivity contribution in [2.45, 2.75) is 24.3 Å². The molecule has 1 aromatic heterocycles. The van der Waals surface area contributed by atoms with E-state index >= 15 is 0 Å². The molecule has 0 saturated heterocycles. The topological polar surface area (TPSA) is 26.0 Å². The highest BCUT2D eigenvalue weighted by Gasteiger charge is 2.56. The molecule has 0 atom stereocenters. The molecule has 13 heavy (non-hydrogen) atoms. The second-order valence-corrected chi connectivity index (χ2v) is 5.23. The smallest absolute Gasteiger partial charge is 0.252 e. The van der Waals surface area contributed by atoms with Gasteiger partial charge in [-0.2, -0.15) is 0 Å². The summed E-state index contributed by atoms with van der Waals surface area (Å²) in [5.41, 5.74) is 5.04. The first-order chi connectivity index (χ1) is 5.93. The van der Waals surface area contributed by atoms with Crippen molar-refractivity contribution < 1.29 is 8.78 Å². The second kappa shape index (κ2) is 2.74. The first-order valence-electron chi connectivity index (χ1n) is 3.83. The van der Waals surface area contributed by atoms with Gasteiger partial charge in [0.1, 0.15) is 0 Å². The number of rotatable bonds is 1. The van der Waals surface area contributed by atoms with Crippen LogP contribution in [0.5, 0.6) is 0 Å². The van der Waals surface area contributed by atoms with E-state index in [2.05, 4.69) is 15.9 Å². The Morgan fingerprint density at radius 2 is 2.08 bits per heavy atom. The molecule has 0 aliphatic heterocycles. The third kappa shape index (κ3) is 1.53. The van der Waals surface area contributed by atoms with Gasteiger partial charge in [0.05, 0.1) is 5.54 Å². The Balaban J connectivity index is 2.25. The third-order valence-corrected chi connectivity index (χ3v) is 4.28. The molecule has 0 aromatic carbocycles. The Hall–Kier alpha value is -0.0000000000000000555. The average Bonchev–Trinajstić information content (AvgIpc) is 2.30. The zero-order chi connectivity index (χ0) is 9.69. The summed E-state index contributed by atoms with van der Waals surface area (Å²) >= 11 is 4.73. The van der Waals surface area contributed by atoms with Crippen LogP contribution in [0.4, 0.5) is 8.78 Å². The van der Waals surface area contributed by atoms with Gasteiger partial charge in [0, 0.05) is 22.2 Å². The SMILES string of the molecule is NC1(c2sccc2Br)CC(F)(F)C1. The summed E-state index contributed by atoms with van der Waals surface area (Å²) in [5.74, 6) is -2.57. The minimum absolute atomic E-state index is 0.237. The largest absolute Gasteiger partial charge is 0.320 e. The van der Waals surface area contributed by atoms with Gasteiger partial charge in [-0.25, -0.2) is 8.78 Å². The molecule has 0 amide bonds. The van der Waals surface area contributed by atoms with Gasteiger partial charge >= 0.3 is 0 Å². The summed E-state index contributed by atoms with van der Waals surface area (Å²) in [5, 5.41) is 1.85. The molecule has 0 spiro atoms. The lowest BCUT2D eigenvalue weighted by Crippen LogP contribution is -2.55. The highest BCUT2D eigenvalue weighted by atomic mass is 79.9. The van der Waals surface area contributed by atoms with Crippen molar-refractivity contribution in [2.24, 2.45) is 5.73 Å². The van der Waals surface area contributed by atoms with Crippen molar-refractivity contribution in [1.82, 2.24) is 0 Å². The molecule has 0 radical (unpaired) electrons. The van der Waals surface area contributed by atoms with E-state index in [9.17, 15) is 8.78 Å². The fourth-order valence-electron chi connectivity index (χ4n) is 1.68. The summed E-state index contributed by atoms with van der Waals surface area (Å²) in [7, 11) is 0. The van der Waals surface area contributed by atoms with Crippen LogP contribution in [0, 0.1) is 0 Å². The molecule has 2 rings (SSSR count). The van der Waals surface area contributed by atoms with Crippen LogP contribution < -0.4 is 5.73 Å². The van der Waals surface area contributed by atoms with Gasteiger partial charge in [0.2, 0.25) is 0 Å². The maximum Gasteiger partial charge on any atom is 0.252 e. The minimum atomic E-state index is -2.57.